The van der Waals surface area contributed by atoms with Gasteiger partial charge in [-0.05, 0) is 47.3 Å². The van der Waals surface area contributed by atoms with Gasteiger partial charge in [-0.3, -0.25) is 0 Å². The summed E-state index contributed by atoms with van der Waals surface area (Å²) in [6, 6.07) is 38.4. The Hall–Kier alpha value is -4.31. The third-order valence-corrected chi connectivity index (χ3v) is 7.65. The number of nitrogens with zero attached hydrogens (tertiary/aromatic N) is 4. The van der Waals surface area contributed by atoms with Crippen molar-refractivity contribution >= 4 is 38.1 Å². The molecule has 0 saturated heterocycles. The number of para-hydroxylation sites is 2. The Morgan fingerprint density at radius 1 is 0.833 bits per heavy atom. The van der Waals surface area contributed by atoms with Crippen molar-refractivity contribution in [2.45, 2.75) is 33.2 Å². The molecular weight excluding hydrogens is 693 g/mol. The summed E-state index contributed by atoms with van der Waals surface area (Å²) in [6.07, 6.45) is 11.8. The Bertz CT molecular complexity index is 2090. The van der Waals surface area contributed by atoms with Crippen LogP contribution < -0.4 is 4.57 Å². The maximum atomic E-state index is 4.32. The average Bonchev–Trinajstić information content (AvgIpc) is 3.73. The van der Waals surface area contributed by atoms with Gasteiger partial charge in [-0.1, -0.05) is 67.3 Å². The zero-order chi connectivity index (χ0) is 27.8. The quantitative estimate of drug-likeness (QED) is 0.130. The van der Waals surface area contributed by atoms with E-state index in [4.69, 9.17) is 0 Å². The van der Waals surface area contributed by atoms with Crippen LogP contribution in [0.25, 0.3) is 55.0 Å². The average molecular weight is 723 g/mol. The number of aromatic nitrogens is 4. The molecule has 0 amide bonds. The van der Waals surface area contributed by atoms with Crippen molar-refractivity contribution < 1.29 is 24.7 Å². The molecule has 0 spiro atoms. The molecule has 4 aromatic heterocycles. The predicted molar refractivity (Wildman–Crippen MR) is 166 cm³/mol. The van der Waals surface area contributed by atoms with Crippen LogP contribution in [0.2, 0.25) is 0 Å². The molecule has 0 unspecified atom stereocenters. The Labute approximate surface area is 259 Å². The van der Waals surface area contributed by atoms with E-state index >= 15 is 0 Å². The van der Waals surface area contributed by atoms with Crippen LogP contribution in [0.15, 0.2) is 110 Å². The van der Waals surface area contributed by atoms with E-state index in [1.165, 1.54) is 56.5 Å². The van der Waals surface area contributed by atoms with E-state index in [0.717, 1.165) is 23.5 Å². The molecule has 42 heavy (non-hydrogen) atoms. The number of fused-ring (bicyclic) bond motifs is 6. The Balaban J connectivity index is 0.000000191. The van der Waals surface area contributed by atoms with Gasteiger partial charge in [-0.25, -0.2) is 0 Å². The molecule has 4 aromatic carbocycles. The summed E-state index contributed by atoms with van der Waals surface area (Å²) in [5, 5.41) is 5.05. The second-order valence-corrected chi connectivity index (χ2v) is 10.5. The molecule has 0 N–H and O–H groups in total. The molecule has 0 fully saturated rings. The van der Waals surface area contributed by atoms with E-state index in [1.807, 2.05) is 48.0 Å². The van der Waals surface area contributed by atoms with Gasteiger partial charge in [0.2, 0.25) is 6.33 Å². The maximum Gasteiger partial charge on any atom is 3.00 e. The minimum Gasteiger partial charge on any atom is -0.358 e. The predicted octanol–water partition coefficient (Wildman–Crippen LogP) is 8.17. The van der Waals surface area contributed by atoms with E-state index in [2.05, 4.69) is 112 Å². The second kappa shape index (κ2) is 11.9. The van der Waals surface area contributed by atoms with Crippen LogP contribution in [-0.4, -0.2) is 14.0 Å². The van der Waals surface area contributed by atoms with Gasteiger partial charge < -0.3 is 18.5 Å². The minimum atomic E-state index is 0. The van der Waals surface area contributed by atoms with Gasteiger partial charge in [-0.2, -0.15) is 0 Å². The zero-order valence-electron chi connectivity index (χ0n) is 23.6. The van der Waals surface area contributed by atoms with Gasteiger partial charge in [0, 0.05) is 35.0 Å². The summed E-state index contributed by atoms with van der Waals surface area (Å²) in [5.41, 5.74) is 7.99. The van der Waals surface area contributed by atoms with Gasteiger partial charge in [0.15, 0.2) is 0 Å². The molecule has 8 rings (SSSR count). The van der Waals surface area contributed by atoms with E-state index < -0.39 is 0 Å². The number of hydrogen-bond acceptors (Lipinski definition) is 1. The summed E-state index contributed by atoms with van der Waals surface area (Å²) in [4.78, 5) is 4.32. The molecule has 5 heteroatoms. The molecule has 0 radical (unpaired) electrons. The first-order valence-corrected chi connectivity index (χ1v) is 14.2. The summed E-state index contributed by atoms with van der Waals surface area (Å²) < 4.78 is 6.56. The Morgan fingerprint density at radius 2 is 1.67 bits per heavy atom. The molecule has 0 aliphatic carbocycles. The van der Waals surface area contributed by atoms with Crippen LogP contribution in [0.1, 0.15) is 25.3 Å². The third-order valence-electron chi connectivity index (χ3n) is 7.65. The molecule has 0 atom stereocenters. The number of pyridine rings is 1. The smallest absolute Gasteiger partial charge is 0.358 e. The summed E-state index contributed by atoms with van der Waals surface area (Å²) in [7, 11) is 0. The van der Waals surface area contributed by atoms with Crippen molar-refractivity contribution in [2.75, 3.05) is 0 Å². The minimum absolute atomic E-state index is 0. The van der Waals surface area contributed by atoms with Gasteiger partial charge in [0.1, 0.15) is 0 Å². The number of aryl methyl sites for hydroxylation is 2. The molecule has 4 nitrogen and oxygen atoms in total. The Morgan fingerprint density at radius 3 is 2.48 bits per heavy atom. The second-order valence-electron chi connectivity index (χ2n) is 10.5. The standard InChI is InChI=1S/C25H20N3.C12H10N.Ir/c1-2-3-13-26-14-15-27(17-26)18-11-12-24-22(16-18)21-9-6-8-20-19-7-4-5-10-23(19)28(24)25(20)21;1-10-7-8-12(13-9-10)11-5-3-2-4-6-11;/h4-12,14-15H,2-3,13H2,1H3;2-5,7-9H,1H3;/q2*-1;+3. The van der Waals surface area contributed by atoms with Gasteiger partial charge in [-0.15, -0.1) is 59.5 Å². The molecule has 0 saturated carbocycles. The first kappa shape index (κ1) is 27.8. The first-order chi connectivity index (χ1) is 20.2. The third kappa shape index (κ3) is 5.00. The van der Waals surface area contributed by atoms with Crippen LogP contribution in [0.4, 0.5) is 0 Å². The van der Waals surface area contributed by atoms with Gasteiger partial charge in [0.05, 0.1) is 6.54 Å². The molecule has 0 aliphatic rings. The van der Waals surface area contributed by atoms with Gasteiger partial charge in [0.25, 0.3) is 0 Å². The van der Waals surface area contributed by atoms with Crippen LogP contribution >= 0.6 is 0 Å². The number of benzene rings is 4. The van der Waals surface area contributed by atoms with E-state index in [0.29, 0.717) is 0 Å². The summed E-state index contributed by atoms with van der Waals surface area (Å²) in [5.74, 6) is 0. The first-order valence-electron chi connectivity index (χ1n) is 14.2. The van der Waals surface area contributed by atoms with Crippen molar-refractivity contribution in [3.8, 4) is 16.9 Å². The van der Waals surface area contributed by atoms with E-state index in [-0.39, 0.29) is 20.1 Å². The number of unbranched alkanes of at least 4 members (excludes halogenated alkanes) is 1. The fourth-order valence-electron chi connectivity index (χ4n) is 5.60. The molecule has 206 valence electrons. The molecule has 0 aliphatic heterocycles. The summed E-state index contributed by atoms with van der Waals surface area (Å²) >= 11 is 0. The number of imidazole rings is 1. The topological polar surface area (TPSA) is 26.1 Å². The Kier molecular flexibility index (Phi) is 7.88. The van der Waals surface area contributed by atoms with Crippen LogP contribution in [0.5, 0.6) is 0 Å². The molecule has 0 bridgehead atoms. The molecule has 4 heterocycles. The summed E-state index contributed by atoms with van der Waals surface area (Å²) in [6.45, 7) is 5.25. The van der Waals surface area contributed by atoms with Crippen LogP contribution in [0.3, 0.4) is 0 Å². The van der Waals surface area contributed by atoms with Crippen LogP contribution in [-0.2, 0) is 26.7 Å². The number of hydrogen-bond donors (Lipinski definition) is 0. The van der Waals surface area contributed by atoms with Crippen molar-refractivity contribution in [2.24, 2.45) is 0 Å². The fourth-order valence-corrected chi connectivity index (χ4v) is 5.60. The maximum absolute atomic E-state index is 4.32. The van der Waals surface area contributed by atoms with Gasteiger partial charge >= 0.3 is 20.1 Å². The fraction of sp³-hybridized carbons (Fsp3) is 0.135. The SMILES string of the molecule is CCCC[n+]1[c-]n(-c2[c-]c3c4cccc5c6ccccc6n(c3cc2)c45)cc1.Cc1ccc(-c2[c-]cccc2)nc1.[Ir+3]. The van der Waals surface area contributed by atoms with E-state index in [1.54, 1.807) is 0 Å². The van der Waals surface area contributed by atoms with Crippen molar-refractivity contribution in [1.82, 2.24) is 14.0 Å². The van der Waals surface area contributed by atoms with Crippen molar-refractivity contribution in [1.29, 1.82) is 0 Å². The van der Waals surface area contributed by atoms with Crippen molar-refractivity contribution in [3.63, 3.8) is 0 Å². The zero-order valence-corrected chi connectivity index (χ0v) is 26.0. The van der Waals surface area contributed by atoms with Crippen molar-refractivity contribution in [3.05, 3.63) is 134 Å². The molecular formula is C37H30IrN4+. The number of rotatable bonds is 5. The normalized spacial score (nSPS) is 11.2. The molecule has 8 aromatic rings. The largest absolute Gasteiger partial charge is 3.00 e. The van der Waals surface area contributed by atoms with E-state index in [9.17, 15) is 0 Å². The van der Waals surface area contributed by atoms with Crippen LogP contribution in [0, 0.1) is 25.4 Å². The monoisotopic (exact) mass is 723 g/mol.